The Morgan fingerprint density at radius 3 is 2.40 bits per heavy atom. The number of hydrogen-bond acceptors (Lipinski definition) is 16. The van der Waals surface area contributed by atoms with E-state index in [1.54, 1.807) is 25.3 Å². The van der Waals surface area contributed by atoms with Crippen LogP contribution in [0.25, 0.3) is 0 Å². The maximum atomic E-state index is 14.8. The Morgan fingerprint density at radius 1 is 1.05 bits per heavy atom. The van der Waals surface area contributed by atoms with Gasteiger partial charge in [-0.25, -0.2) is 0 Å². The molecule has 1 aliphatic heterocycles. The Kier molecular flexibility index (Phi) is 10.9. The van der Waals surface area contributed by atoms with Crippen LogP contribution >= 0.6 is 12.4 Å². The molecule has 7 rings (SSSR count). The third-order valence-electron chi connectivity index (χ3n) is 11.3. The maximum absolute atomic E-state index is 14.8. The first-order valence-electron chi connectivity index (χ1n) is 17.6. The van der Waals surface area contributed by atoms with Crippen LogP contribution < -0.4 is 10.6 Å². The van der Waals surface area contributed by atoms with Crippen molar-refractivity contribution < 1.29 is 68.8 Å². The lowest BCUT2D eigenvalue weighted by Crippen LogP contribution is -2.73. The number of aryl methyl sites for hydroxylation is 1. The Hall–Kier alpha value is -5.11. The molecule has 17 nitrogen and oxygen atoms in total. The molecule has 0 unspecified atom stereocenters. The molecule has 8 atom stereocenters. The van der Waals surface area contributed by atoms with Crippen LogP contribution in [-0.4, -0.2) is 122 Å². The lowest BCUT2D eigenvalue weighted by atomic mass is 9.56. The number of ketones is 4. The van der Waals surface area contributed by atoms with E-state index in [9.17, 15) is 54.6 Å². The number of aliphatic hydroxyl groups is 4. The summed E-state index contributed by atoms with van der Waals surface area (Å²) in [6, 6.07) is 5.57. The first-order chi connectivity index (χ1) is 26.6. The van der Waals surface area contributed by atoms with Crippen LogP contribution in [0.2, 0.25) is 0 Å². The monoisotopic (exact) mass is 809 g/mol. The van der Waals surface area contributed by atoms with Gasteiger partial charge in [-0.3, -0.25) is 29.0 Å². The van der Waals surface area contributed by atoms with E-state index in [0.717, 1.165) is 19.3 Å². The topological polar surface area (TPSA) is 271 Å². The fraction of sp³-hybridized carbons (Fsp3) is 0.385. The highest BCUT2D eigenvalue weighted by Crippen LogP contribution is 2.56. The van der Waals surface area contributed by atoms with Crippen LogP contribution in [0.15, 0.2) is 48.4 Å². The molecule has 1 saturated heterocycles. The second kappa shape index (κ2) is 15.0. The summed E-state index contributed by atoms with van der Waals surface area (Å²) in [5.74, 6) is -8.54. The van der Waals surface area contributed by atoms with E-state index in [2.05, 4.69) is 15.6 Å². The number of methoxy groups -OCH3 is 2. The van der Waals surface area contributed by atoms with Gasteiger partial charge >= 0.3 is 0 Å². The summed E-state index contributed by atoms with van der Waals surface area (Å²) in [4.78, 5) is 74.6. The molecular formula is C39H40ClN3O14. The fourth-order valence-electron chi connectivity index (χ4n) is 8.59. The van der Waals surface area contributed by atoms with Crippen LogP contribution in [0.4, 0.5) is 0 Å². The molecular weight excluding hydrogens is 770 g/mol. The number of allylic oxidation sites excluding steroid dienone is 2. The molecule has 0 saturated carbocycles. The molecule has 1 amide bonds. The number of rotatable bonds is 8. The van der Waals surface area contributed by atoms with Crippen LogP contribution in [0, 0.1) is 12.8 Å². The normalized spacial score (nSPS) is 28.9. The van der Waals surface area contributed by atoms with Gasteiger partial charge in [0.05, 0.1) is 53.2 Å². The number of ether oxygens (including phenoxy) is 3. The van der Waals surface area contributed by atoms with Gasteiger partial charge in [-0.2, -0.15) is 0 Å². The van der Waals surface area contributed by atoms with Gasteiger partial charge in [0.15, 0.2) is 17.0 Å². The van der Waals surface area contributed by atoms with Gasteiger partial charge in [-0.05, 0) is 42.7 Å². The Balaban J connectivity index is 0.00000549. The minimum absolute atomic E-state index is 0. The molecule has 2 heterocycles. The number of pyridine rings is 1. The Labute approximate surface area is 330 Å². The first kappa shape index (κ1) is 41.5. The molecule has 57 heavy (non-hydrogen) atoms. The molecule has 3 aliphatic carbocycles. The Bertz CT molecular complexity index is 2250. The summed E-state index contributed by atoms with van der Waals surface area (Å²) >= 11 is 0. The highest BCUT2D eigenvalue weighted by molar-refractivity contribution is 6.31. The molecule has 0 bridgehead atoms. The zero-order chi connectivity index (χ0) is 40.6. The van der Waals surface area contributed by atoms with Gasteiger partial charge in [0.2, 0.25) is 17.3 Å². The van der Waals surface area contributed by atoms with Gasteiger partial charge in [0.1, 0.15) is 23.8 Å². The average molecular weight is 810 g/mol. The van der Waals surface area contributed by atoms with E-state index in [-0.39, 0.29) is 35.6 Å². The standard InChI is InChI=1S/C39H39N3O14.ClH/c1-15-8-18-9-24(45)39(55-4)35(51)27-20(34(50)38(39,53)28(18)32(49)25(15)36(52)41-13-17-6-5-7-40-12-17)10-19-26(31(27)48)23(44)11-22(29(19)46)42-37-21(14-43)30(47)33(54-3)16(2)56-37;/h5-8,10-12,16,21,24,30,33,37,42-43,45,47-49,53H,9,13-14H2,1-4H3,(H,41,52);1H/t16-,21+,24+,30-,33-,37-,38-,39+;/m0./s1. The minimum atomic E-state index is -3.26. The number of halogens is 1. The molecule has 8 N–H and O–H groups in total. The van der Waals surface area contributed by atoms with Crippen LogP contribution in [0.1, 0.15) is 81.0 Å². The quantitative estimate of drug-likeness (QED) is 0.152. The van der Waals surface area contributed by atoms with Crippen molar-refractivity contribution in [1.29, 1.82) is 0 Å². The lowest BCUT2D eigenvalue weighted by molar-refractivity contribution is -0.214. The highest BCUT2D eigenvalue weighted by Gasteiger charge is 2.72. The molecule has 1 aromatic heterocycles. The van der Waals surface area contributed by atoms with Crippen molar-refractivity contribution in [2.24, 2.45) is 5.92 Å². The molecule has 302 valence electrons. The number of carbonyl (C=O) groups excluding carboxylic acids is 5. The summed E-state index contributed by atoms with van der Waals surface area (Å²) in [6.07, 6.45) is -2.61. The highest BCUT2D eigenvalue weighted by atomic mass is 35.5. The zero-order valence-corrected chi connectivity index (χ0v) is 31.7. The van der Waals surface area contributed by atoms with Crippen LogP contribution in [-0.2, 0) is 32.8 Å². The van der Waals surface area contributed by atoms with E-state index in [4.69, 9.17) is 14.2 Å². The van der Waals surface area contributed by atoms with Gasteiger partial charge < -0.3 is 55.5 Å². The predicted octanol–water partition coefficient (Wildman–Crippen LogP) is 0.304. The van der Waals surface area contributed by atoms with Gasteiger partial charge in [-0.1, -0.05) is 12.1 Å². The summed E-state index contributed by atoms with van der Waals surface area (Å²) in [5.41, 5.74) is -9.54. The molecule has 0 radical (unpaired) electrons. The molecule has 3 aromatic rings. The number of carbonyl (C=O) groups is 5. The van der Waals surface area contributed by atoms with E-state index < -0.39 is 135 Å². The van der Waals surface area contributed by atoms with E-state index in [0.29, 0.717) is 5.56 Å². The number of phenolic OH excluding ortho intramolecular Hbond substituents is 2. The summed E-state index contributed by atoms with van der Waals surface area (Å²) in [7, 11) is 2.27. The SMILES string of the molecule is CO[C@@H]1[C@@H](O)[C@@H](CO)[C@@H](NC2=CC(=O)c3c(cc4c(c3O)C(=O)[C@]3(OC)[C@H](O)Cc5cc(C)c(C(=O)NCc6cccnc6)c(O)c5[C@]3(O)C4=O)C2=O)O[C@H]1C.Cl. The summed E-state index contributed by atoms with van der Waals surface area (Å²) in [6.45, 7) is 2.45. The van der Waals surface area contributed by atoms with Crippen LogP contribution in [0.3, 0.4) is 0 Å². The zero-order valence-electron chi connectivity index (χ0n) is 30.9. The molecule has 0 spiro atoms. The van der Waals surface area contributed by atoms with Crippen molar-refractivity contribution in [2.45, 2.75) is 68.7 Å². The van der Waals surface area contributed by atoms with Crippen molar-refractivity contribution in [3.8, 4) is 11.5 Å². The second-order valence-electron chi connectivity index (χ2n) is 14.3. The number of aromatic nitrogens is 1. The van der Waals surface area contributed by atoms with Crippen molar-refractivity contribution in [3.05, 3.63) is 98.5 Å². The third kappa shape index (κ3) is 5.88. The number of aromatic hydroxyl groups is 2. The van der Waals surface area contributed by atoms with Crippen molar-refractivity contribution >= 4 is 41.4 Å². The van der Waals surface area contributed by atoms with Gasteiger partial charge in [0, 0.05) is 62.3 Å². The first-order valence-corrected chi connectivity index (χ1v) is 17.6. The second-order valence-corrected chi connectivity index (χ2v) is 14.3. The minimum Gasteiger partial charge on any atom is -0.507 e. The average Bonchev–Trinajstić information content (AvgIpc) is 3.15. The summed E-state index contributed by atoms with van der Waals surface area (Å²) in [5, 5.41) is 73.9. The molecule has 4 aliphatic rings. The number of nitrogens with one attached hydrogen (secondary N) is 2. The maximum Gasteiger partial charge on any atom is 0.255 e. The third-order valence-corrected chi connectivity index (χ3v) is 11.3. The van der Waals surface area contributed by atoms with Crippen molar-refractivity contribution in [3.63, 3.8) is 0 Å². The summed E-state index contributed by atoms with van der Waals surface area (Å²) < 4.78 is 16.7. The largest absolute Gasteiger partial charge is 0.507 e. The number of Topliss-reactive ketones (excluding diaryl/α,β-unsaturated/α-hetero) is 3. The molecule has 1 fully saturated rings. The van der Waals surface area contributed by atoms with E-state index in [1.807, 2.05) is 0 Å². The predicted molar refractivity (Wildman–Crippen MR) is 197 cm³/mol. The van der Waals surface area contributed by atoms with Gasteiger partial charge in [0.25, 0.3) is 5.91 Å². The number of fused-ring (bicyclic) bond motifs is 5. The van der Waals surface area contributed by atoms with E-state index >= 15 is 0 Å². The number of hydrogen-bond donors (Lipinski definition) is 8. The van der Waals surface area contributed by atoms with Gasteiger partial charge in [-0.15, -0.1) is 12.4 Å². The smallest absolute Gasteiger partial charge is 0.255 e. The van der Waals surface area contributed by atoms with Crippen molar-refractivity contribution in [1.82, 2.24) is 15.6 Å². The number of amides is 1. The molecule has 2 aromatic carbocycles. The number of phenols is 2. The lowest BCUT2D eigenvalue weighted by Gasteiger charge is -2.53. The number of nitrogens with zero attached hydrogens (tertiary/aromatic N) is 1. The number of benzene rings is 2. The van der Waals surface area contributed by atoms with E-state index in [1.165, 1.54) is 26.3 Å². The van der Waals surface area contributed by atoms with Crippen molar-refractivity contribution in [2.75, 3.05) is 20.8 Å². The number of aliphatic hydroxyl groups excluding tert-OH is 3. The fourth-order valence-corrected chi connectivity index (χ4v) is 8.59. The molecule has 18 heteroatoms. The van der Waals surface area contributed by atoms with Crippen LogP contribution in [0.5, 0.6) is 11.5 Å². The Morgan fingerprint density at radius 2 is 1.77 bits per heavy atom.